The third-order valence-corrected chi connectivity index (χ3v) is 2.76. The molecule has 0 aliphatic carbocycles. The number of hydrogen-bond acceptors (Lipinski definition) is 5. The van der Waals surface area contributed by atoms with Crippen molar-refractivity contribution in [1.82, 2.24) is 9.59 Å². The molecule has 1 aliphatic rings. The van der Waals surface area contributed by atoms with Crippen LogP contribution in [0.1, 0.15) is 13.8 Å². The average Bonchev–Trinajstić information content (AvgIpc) is 2.55. The molecule has 5 heteroatoms. The van der Waals surface area contributed by atoms with Crippen molar-refractivity contribution in [1.29, 1.82) is 0 Å². The molecule has 4 nitrogen and oxygen atoms in total. The second-order valence-electron chi connectivity index (χ2n) is 3.78. The Morgan fingerprint density at radius 3 is 3.08 bits per heavy atom. The van der Waals surface area contributed by atoms with E-state index in [1.807, 2.05) is 5.38 Å². The summed E-state index contributed by atoms with van der Waals surface area (Å²) in [5.41, 5.74) is 0.0357. The molecule has 0 aromatic carbocycles. The zero-order chi connectivity index (χ0) is 9.31. The Morgan fingerprint density at radius 2 is 2.46 bits per heavy atom. The number of nitrogens with zero attached hydrogens (tertiary/aromatic N) is 3. The molecule has 1 aromatic heterocycles. The number of morpholine rings is 1. The zero-order valence-corrected chi connectivity index (χ0v) is 8.67. The molecule has 72 valence electrons. The molecule has 1 saturated heterocycles. The summed E-state index contributed by atoms with van der Waals surface area (Å²) in [6.07, 6.45) is 0. The predicted molar refractivity (Wildman–Crippen MR) is 52.2 cm³/mol. The summed E-state index contributed by atoms with van der Waals surface area (Å²) in [4.78, 5) is 2.25. The first-order valence-electron chi connectivity index (χ1n) is 4.32. The van der Waals surface area contributed by atoms with Gasteiger partial charge in [-0.3, -0.25) is 0 Å². The summed E-state index contributed by atoms with van der Waals surface area (Å²) in [5.74, 6) is 0.971. The van der Waals surface area contributed by atoms with Crippen LogP contribution in [0, 0.1) is 0 Å². The number of anilines is 1. The van der Waals surface area contributed by atoms with E-state index in [1.54, 1.807) is 0 Å². The Morgan fingerprint density at radius 1 is 1.62 bits per heavy atom. The van der Waals surface area contributed by atoms with Crippen molar-refractivity contribution >= 4 is 17.4 Å². The first-order chi connectivity index (χ1) is 6.20. The average molecular weight is 199 g/mol. The van der Waals surface area contributed by atoms with Crippen LogP contribution in [0.15, 0.2) is 5.38 Å². The van der Waals surface area contributed by atoms with Gasteiger partial charge in [0.15, 0.2) is 5.82 Å². The van der Waals surface area contributed by atoms with E-state index in [4.69, 9.17) is 4.74 Å². The predicted octanol–water partition coefficient (Wildman–Crippen LogP) is 1.15. The number of ether oxygens (including phenoxy) is 1. The van der Waals surface area contributed by atoms with Gasteiger partial charge in [-0.15, -0.1) is 5.10 Å². The minimum atomic E-state index is 0.0357. The molecule has 0 amide bonds. The first kappa shape index (κ1) is 8.90. The highest BCUT2D eigenvalue weighted by molar-refractivity contribution is 7.03. The highest BCUT2D eigenvalue weighted by Crippen LogP contribution is 2.25. The second-order valence-corrected chi connectivity index (χ2v) is 4.39. The highest BCUT2D eigenvalue weighted by Gasteiger charge is 2.31. The first-order valence-corrected chi connectivity index (χ1v) is 5.16. The molecule has 0 unspecified atom stereocenters. The highest BCUT2D eigenvalue weighted by atomic mass is 32.1. The SMILES string of the molecule is CC1(C)COCCN1c1csnn1. The van der Waals surface area contributed by atoms with E-state index in [1.165, 1.54) is 11.5 Å². The van der Waals surface area contributed by atoms with Crippen molar-refractivity contribution in [3.05, 3.63) is 5.38 Å². The van der Waals surface area contributed by atoms with Crippen LogP contribution < -0.4 is 4.90 Å². The summed E-state index contributed by atoms with van der Waals surface area (Å²) in [5, 5.41) is 6.05. The molecule has 0 radical (unpaired) electrons. The van der Waals surface area contributed by atoms with E-state index in [0.29, 0.717) is 0 Å². The van der Waals surface area contributed by atoms with Crippen LogP contribution in [0.25, 0.3) is 0 Å². The van der Waals surface area contributed by atoms with Gasteiger partial charge in [0, 0.05) is 6.54 Å². The maximum absolute atomic E-state index is 5.43. The molecular weight excluding hydrogens is 186 g/mol. The van der Waals surface area contributed by atoms with Gasteiger partial charge in [-0.1, -0.05) is 4.49 Å². The van der Waals surface area contributed by atoms with Gasteiger partial charge in [0.25, 0.3) is 0 Å². The Hall–Kier alpha value is -0.680. The number of rotatable bonds is 1. The summed E-state index contributed by atoms with van der Waals surface area (Å²) in [6.45, 7) is 6.75. The fraction of sp³-hybridized carbons (Fsp3) is 0.750. The summed E-state index contributed by atoms with van der Waals surface area (Å²) in [6, 6.07) is 0. The van der Waals surface area contributed by atoms with E-state index in [9.17, 15) is 0 Å². The smallest absolute Gasteiger partial charge is 0.164 e. The lowest BCUT2D eigenvalue weighted by molar-refractivity contribution is 0.0639. The normalized spacial score (nSPS) is 21.8. The number of hydrogen-bond donors (Lipinski definition) is 0. The van der Waals surface area contributed by atoms with E-state index in [0.717, 1.165) is 25.6 Å². The van der Waals surface area contributed by atoms with E-state index in [2.05, 4.69) is 28.3 Å². The Labute approximate surface area is 81.7 Å². The Balaban J connectivity index is 2.21. The molecule has 1 fully saturated rings. The topological polar surface area (TPSA) is 38.2 Å². The van der Waals surface area contributed by atoms with Crippen LogP contribution in [-0.2, 0) is 4.74 Å². The summed E-state index contributed by atoms with van der Waals surface area (Å²) >= 11 is 1.39. The molecule has 2 rings (SSSR count). The van der Waals surface area contributed by atoms with Crippen LogP contribution in [0.2, 0.25) is 0 Å². The van der Waals surface area contributed by atoms with Gasteiger partial charge in [-0.2, -0.15) is 0 Å². The fourth-order valence-electron chi connectivity index (χ4n) is 1.56. The largest absolute Gasteiger partial charge is 0.377 e. The molecule has 0 N–H and O–H groups in total. The third kappa shape index (κ3) is 1.66. The molecule has 0 spiro atoms. The lowest BCUT2D eigenvalue weighted by Gasteiger charge is -2.42. The molecule has 0 bridgehead atoms. The van der Waals surface area contributed by atoms with Crippen LogP contribution in [0.3, 0.4) is 0 Å². The Bertz CT molecular complexity index is 273. The maximum Gasteiger partial charge on any atom is 0.164 e. The summed E-state index contributed by atoms with van der Waals surface area (Å²) in [7, 11) is 0. The van der Waals surface area contributed by atoms with Crippen molar-refractivity contribution in [3.63, 3.8) is 0 Å². The monoisotopic (exact) mass is 199 g/mol. The molecular formula is C8H13N3OS. The fourth-order valence-corrected chi connectivity index (χ4v) is 2.01. The lowest BCUT2D eigenvalue weighted by atomic mass is 10.0. The lowest BCUT2D eigenvalue weighted by Crippen LogP contribution is -2.53. The number of aromatic nitrogens is 2. The molecule has 13 heavy (non-hydrogen) atoms. The molecule has 0 atom stereocenters. The quantitative estimate of drug-likeness (QED) is 0.680. The minimum Gasteiger partial charge on any atom is -0.377 e. The van der Waals surface area contributed by atoms with Gasteiger partial charge in [0.2, 0.25) is 0 Å². The van der Waals surface area contributed by atoms with Crippen molar-refractivity contribution in [2.45, 2.75) is 19.4 Å². The van der Waals surface area contributed by atoms with Crippen molar-refractivity contribution in [3.8, 4) is 0 Å². The minimum absolute atomic E-state index is 0.0357. The van der Waals surface area contributed by atoms with Crippen molar-refractivity contribution in [2.75, 3.05) is 24.7 Å². The zero-order valence-electron chi connectivity index (χ0n) is 7.86. The van der Waals surface area contributed by atoms with Crippen LogP contribution >= 0.6 is 11.5 Å². The van der Waals surface area contributed by atoms with Gasteiger partial charge in [0.1, 0.15) is 0 Å². The van der Waals surface area contributed by atoms with E-state index >= 15 is 0 Å². The van der Waals surface area contributed by atoms with E-state index < -0.39 is 0 Å². The van der Waals surface area contributed by atoms with Gasteiger partial charge in [-0.25, -0.2) is 0 Å². The van der Waals surface area contributed by atoms with Crippen molar-refractivity contribution < 1.29 is 4.74 Å². The molecule has 0 saturated carbocycles. The van der Waals surface area contributed by atoms with Crippen LogP contribution in [0.4, 0.5) is 5.82 Å². The van der Waals surface area contributed by atoms with E-state index in [-0.39, 0.29) is 5.54 Å². The second kappa shape index (κ2) is 3.23. The third-order valence-electron chi connectivity index (χ3n) is 2.27. The standard InChI is InChI=1S/C8H13N3OS/c1-8(2)6-12-4-3-11(8)7-5-13-10-9-7/h5H,3-4,6H2,1-2H3. The molecule has 1 aliphatic heterocycles. The molecule has 1 aromatic rings. The van der Waals surface area contributed by atoms with Gasteiger partial charge in [-0.05, 0) is 25.4 Å². The molecule has 2 heterocycles. The van der Waals surface area contributed by atoms with Crippen LogP contribution in [0.5, 0.6) is 0 Å². The van der Waals surface area contributed by atoms with Gasteiger partial charge in [0.05, 0.1) is 24.1 Å². The maximum atomic E-state index is 5.43. The van der Waals surface area contributed by atoms with Crippen molar-refractivity contribution in [2.24, 2.45) is 0 Å². The Kier molecular flexibility index (Phi) is 2.21. The van der Waals surface area contributed by atoms with Crippen LogP contribution in [-0.4, -0.2) is 34.9 Å². The summed E-state index contributed by atoms with van der Waals surface area (Å²) < 4.78 is 9.30. The van der Waals surface area contributed by atoms with Gasteiger partial charge >= 0.3 is 0 Å². The van der Waals surface area contributed by atoms with Gasteiger partial charge < -0.3 is 9.64 Å².